The molecule has 0 radical (unpaired) electrons. The molecular formula is C24H25N3O2. The number of carbonyl (C=O) groups is 1. The summed E-state index contributed by atoms with van der Waals surface area (Å²) in [6, 6.07) is 17.1. The Morgan fingerprint density at radius 3 is 2.86 bits per heavy atom. The van der Waals surface area contributed by atoms with Crippen molar-refractivity contribution in [3.63, 3.8) is 0 Å². The minimum Gasteiger partial charge on any atom is -0.488 e. The monoisotopic (exact) mass is 387 g/mol. The first-order valence-corrected chi connectivity index (χ1v) is 10.2. The summed E-state index contributed by atoms with van der Waals surface area (Å²) in [5.41, 5.74) is 5.11. The van der Waals surface area contributed by atoms with E-state index in [2.05, 4.69) is 23.5 Å². The van der Waals surface area contributed by atoms with Crippen LogP contribution in [-0.2, 0) is 11.4 Å². The number of hydrogen-bond acceptors (Lipinski definition) is 4. The molecule has 1 amide bonds. The fourth-order valence-electron chi connectivity index (χ4n) is 4.71. The number of carbonyl (C=O) groups excluding carboxylic acids is 1. The zero-order valence-electron chi connectivity index (χ0n) is 16.6. The van der Waals surface area contributed by atoms with Gasteiger partial charge in [0.2, 0.25) is 5.91 Å². The Balaban J connectivity index is 1.38. The standard InChI is InChI=1S/C24H25N3O2/c1-24-13-7-6-11-20(24)22(24)23(28)27-26-15-18-9-4-5-12-21(18)29-16-19-10-3-2-8-17(19)14-25/h2-5,8-10,12,15,20,22H,6-7,11,13,16H2,1H3,(H,27,28)/b26-15-/t20-,22-,24-/m0/s1. The van der Waals surface area contributed by atoms with Crippen molar-refractivity contribution in [3.8, 4) is 11.8 Å². The van der Waals surface area contributed by atoms with Crippen molar-refractivity contribution in [3.05, 3.63) is 65.2 Å². The van der Waals surface area contributed by atoms with Crippen LogP contribution in [-0.4, -0.2) is 12.1 Å². The minimum absolute atomic E-state index is 0.0250. The van der Waals surface area contributed by atoms with Gasteiger partial charge in [0, 0.05) is 17.0 Å². The maximum absolute atomic E-state index is 12.5. The van der Waals surface area contributed by atoms with Gasteiger partial charge in [-0.25, -0.2) is 5.43 Å². The first-order valence-electron chi connectivity index (χ1n) is 10.2. The van der Waals surface area contributed by atoms with Gasteiger partial charge >= 0.3 is 0 Å². The Morgan fingerprint density at radius 2 is 2.07 bits per heavy atom. The van der Waals surface area contributed by atoms with Crippen molar-refractivity contribution in [1.29, 1.82) is 5.26 Å². The van der Waals surface area contributed by atoms with E-state index in [1.807, 2.05) is 42.5 Å². The number of rotatable bonds is 6. The summed E-state index contributed by atoms with van der Waals surface area (Å²) in [5.74, 6) is 1.29. The molecule has 2 aliphatic rings. The van der Waals surface area contributed by atoms with E-state index < -0.39 is 0 Å². The van der Waals surface area contributed by atoms with E-state index in [1.54, 1.807) is 12.3 Å². The fourth-order valence-corrected chi connectivity index (χ4v) is 4.71. The fraction of sp³-hybridized carbons (Fsp3) is 0.375. The van der Waals surface area contributed by atoms with E-state index in [-0.39, 0.29) is 17.2 Å². The molecule has 0 spiro atoms. The summed E-state index contributed by atoms with van der Waals surface area (Å²) in [6.07, 6.45) is 6.36. The van der Waals surface area contributed by atoms with Crippen molar-refractivity contribution in [1.82, 2.24) is 5.43 Å². The predicted molar refractivity (Wildman–Crippen MR) is 111 cm³/mol. The van der Waals surface area contributed by atoms with Gasteiger partial charge in [0.15, 0.2) is 0 Å². The molecule has 0 saturated heterocycles. The second-order valence-electron chi connectivity index (χ2n) is 8.17. The van der Waals surface area contributed by atoms with Crippen LogP contribution < -0.4 is 10.2 Å². The quantitative estimate of drug-likeness (QED) is 0.589. The van der Waals surface area contributed by atoms with Gasteiger partial charge in [0.25, 0.3) is 0 Å². The third kappa shape index (κ3) is 3.88. The average molecular weight is 387 g/mol. The van der Waals surface area contributed by atoms with E-state index in [4.69, 9.17) is 4.74 Å². The molecule has 2 aromatic carbocycles. The van der Waals surface area contributed by atoms with Gasteiger partial charge in [-0.3, -0.25) is 4.79 Å². The van der Waals surface area contributed by atoms with Gasteiger partial charge in [-0.05, 0) is 42.4 Å². The van der Waals surface area contributed by atoms with Gasteiger partial charge in [0.05, 0.1) is 17.8 Å². The summed E-state index contributed by atoms with van der Waals surface area (Å²) in [4.78, 5) is 12.5. The lowest BCUT2D eigenvalue weighted by molar-refractivity contribution is -0.123. The van der Waals surface area contributed by atoms with Gasteiger partial charge in [-0.1, -0.05) is 50.1 Å². The normalized spacial score (nSPS) is 25.1. The molecule has 29 heavy (non-hydrogen) atoms. The second-order valence-corrected chi connectivity index (χ2v) is 8.17. The van der Waals surface area contributed by atoms with Crippen molar-refractivity contribution >= 4 is 12.1 Å². The molecular weight excluding hydrogens is 362 g/mol. The first-order chi connectivity index (χ1) is 14.1. The van der Waals surface area contributed by atoms with Gasteiger partial charge in [-0.15, -0.1) is 0 Å². The Bertz CT molecular complexity index is 978. The molecule has 148 valence electrons. The lowest BCUT2D eigenvalue weighted by Crippen LogP contribution is -2.22. The molecule has 5 heteroatoms. The van der Waals surface area contributed by atoms with Crippen LogP contribution in [0.2, 0.25) is 0 Å². The Kier molecular flexibility index (Phi) is 5.35. The number of ether oxygens (including phenoxy) is 1. The van der Waals surface area contributed by atoms with Crippen LogP contribution in [0.3, 0.4) is 0 Å². The van der Waals surface area contributed by atoms with E-state index >= 15 is 0 Å². The summed E-state index contributed by atoms with van der Waals surface area (Å²) in [7, 11) is 0. The summed E-state index contributed by atoms with van der Waals surface area (Å²) >= 11 is 0. The Morgan fingerprint density at radius 1 is 1.28 bits per heavy atom. The van der Waals surface area contributed by atoms with Crippen LogP contribution in [0.4, 0.5) is 0 Å². The third-order valence-electron chi connectivity index (χ3n) is 6.43. The van der Waals surface area contributed by atoms with Gasteiger partial charge in [-0.2, -0.15) is 10.4 Å². The largest absolute Gasteiger partial charge is 0.488 e. The molecule has 5 nitrogen and oxygen atoms in total. The highest BCUT2D eigenvalue weighted by Gasteiger charge is 2.64. The highest BCUT2D eigenvalue weighted by molar-refractivity contribution is 5.87. The molecule has 0 aromatic heterocycles. The van der Waals surface area contributed by atoms with E-state index in [0.717, 1.165) is 24.0 Å². The number of hydrogen-bond donors (Lipinski definition) is 1. The maximum atomic E-state index is 12.5. The number of nitrogens with zero attached hydrogens (tertiary/aromatic N) is 2. The summed E-state index contributed by atoms with van der Waals surface area (Å²) < 4.78 is 5.92. The number of benzene rings is 2. The number of nitriles is 1. The molecule has 2 aromatic rings. The zero-order chi connectivity index (χ0) is 20.3. The zero-order valence-corrected chi connectivity index (χ0v) is 16.6. The Hall–Kier alpha value is -3.13. The van der Waals surface area contributed by atoms with E-state index in [1.165, 1.54) is 12.8 Å². The third-order valence-corrected chi connectivity index (χ3v) is 6.43. The summed E-state index contributed by atoms with van der Waals surface area (Å²) in [6.45, 7) is 2.52. The Labute approximate surface area is 171 Å². The van der Waals surface area contributed by atoms with Crippen LogP contribution in [0.25, 0.3) is 0 Å². The number of amides is 1. The lowest BCUT2D eigenvalue weighted by Gasteiger charge is -2.15. The molecule has 4 rings (SSSR count). The van der Waals surface area contributed by atoms with Crippen molar-refractivity contribution in [2.24, 2.45) is 22.4 Å². The second kappa shape index (κ2) is 8.08. The van der Waals surface area contributed by atoms with Crippen LogP contribution in [0, 0.1) is 28.6 Å². The van der Waals surface area contributed by atoms with E-state index in [0.29, 0.717) is 23.8 Å². The molecule has 2 fully saturated rings. The molecule has 1 N–H and O–H groups in total. The molecule has 0 bridgehead atoms. The summed E-state index contributed by atoms with van der Waals surface area (Å²) in [5, 5.41) is 13.4. The SMILES string of the molecule is C[C@]12CCCC[C@H]1[C@H]2C(=O)N/N=C\c1ccccc1OCc1ccccc1C#N. The minimum atomic E-state index is 0.0250. The topological polar surface area (TPSA) is 74.5 Å². The smallest absolute Gasteiger partial charge is 0.244 e. The highest BCUT2D eigenvalue weighted by Crippen LogP contribution is 2.66. The first kappa shape index (κ1) is 19.2. The van der Waals surface area contributed by atoms with Crippen LogP contribution in [0.15, 0.2) is 53.6 Å². The molecule has 2 saturated carbocycles. The average Bonchev–Trinajstić information content (AvgIpc) is 3.38. The molecule has 0 unspecified atom stereocenters. The predicted octanol–water partition coefficient (Wildman–Crippen LogP) is 4.41. The molecule has 2 aliphatic carbocycles. The van der Waals surface area contributed by atoms with Gasteiger partial charge < -0.3 is 4.74 Å². The number of para-hydroxylation sites is 1. The number of fused-ring (bicyclic) bond motifs is 1. The van der Waals surface area contributed by atoms with Crippen LogP contribution in [0.5, 0.6) is 5.75 Å². The lowest BCUT2D eigenvalue weighted by atomic mass is 9.90. The molecule has 0 aliphatic heterocycles. The molecule has 0 heterocycles. The number of nitrogens with one attached hydrogen (secondary N) is 1. The van der Waals surface area contributed by atoms with Crippen LogP contribution >= 0.6 is 0 Å². The van der Waals surface area contributed by atoms with E-state index in [9.17, 15) is 10.1 Å². The highest BCUT2D eigenvalue weighted by atomic mass is 16.5. The maximum Gasteiger partial charge on any atom is 0.244 e. The van der Waals surface area contributed by atoms with Crippen molar-refractivity contribution in [2.75, 3.05) is 0 Å². The van der Waals surface area contributed by atoms with Crippen molar-refractivity contribution < 1.29 is 9.53 Å². The van der Waals surface area contributed by atoms with Gasteiger partial charge in [0.1, 0.15) is 12.4 Å². The molecule has 3 atom stereocenters. The van der Waals surface area contributed by atoms with Crippen molar-refractivity contribution in [2.45, 2.75) is 39.2 Å². The number of hydrazone groups is 1. The van der Waals surface area contributed by atoms with Crippen LogP contribution in [0.1, 0.15) is 49.3 Å².